The molecule has 2 heterocycles. The summed E-state index contributed by atoms with van der Waals surface area (Å²) in [5.74, 6) is -0.790. The molecule has 0 N–H and O–H groups in total. The second-order valence-electron chi connectivity index (χ2n) is 7.30. The Bertz CT molecular complexity index is 1490. The number of benzene rings is 2. The number of thiophene rings is 1. The highest BCUT2D eigenvalue weighted by atomic mass is 32.2. The minimum absolute atomic E-state index is 0.150. The van der Waals surface area contributed by atoms with Crippen LogP contribution in [0.5, 0.6) is 0 Å². The number of carbonyl (C=O) groups excluding carboxylic acids is 1. The first kappa shape index (κ1) is 23.7. The van der Waals surface area contributed by atoms with Gasteiger partial charge in [-0.05, 0) is 42.0 Å². The Kier molecular flexibility index (Phi) is 6.09. The van der Waals surface area contributed by atoms with Crippen molar-refractivity contribution in [1.29, 1.82) is 0 Å². The second kappa shape index (κ2) is 8.73. The molecular weight excluding hydrogens is 489 g/mol. The summed E-state index contributed by atoms with van der Waals surface area (Å²) in [5, 5.41) is 4.10. The molecule has 11 heteroatoms. The lowest BCUT2D eigenvalue weighted by Gasteiger charge is -2.14. The van der Waals surface area contributed by atoms with Gasteiger partial charge in [-0.15, -0.1) is 11.3 Å². The molecule has 2 aromatic heterocycles. The highest BCUT2D eigenvalue weighted by Gasteiger charge is 2.35. The number of aromatic nitrogens is 2. The van der Waals surface area contributed by atoms with Crippen LogP contribution in [0.1, 0.15) is 16.1 Å². The molecule has 34 heavy (non-hydrogen) atoms. The Labute approximate surface area is 197 Å². The molecule has 0 bridgehead atoms. The van der Waals surface area contributed by atoms with Crippen LogP contribution in [0.3, 0.4) is 0 Å². The Morgan fingerprint density at radius 3 is 2.38 bits per heavy atom. The van der Waals surface area contributed by atoms with Crippen molar-refractivity contribution in [2.24, 2.45) is 0 Å². The van der Waals surface area contributed by atoms with Gasteiger partial charge in [0.05, 0.1) is 33.8 Å². The first-order chi connectivity index (χ1) is 16.0. The fourth-order valence-corrected chi connectivity index (χ4v) is 5.02. The molecule has 0 radical (unpaired) electrons. The third-order valence-corrected chi connectivity index (χ3v) is 7.21. The maximum Gasteiger partial charge on any atom is 0.418 e. The Morgan fingerprint density at radius 1 is 1.00 bits per heavy atom. The van der Waals surface area contributed by atoms with E-state index >= 15 is 0 Å². The number of carbonyl (C=O) groups is 1. The normalized spacial score (nSPS) is 12.0. The van der Waals surface area contributed by atoms with Crippen molar-refractivity contribution in [3.05, 3.63) is 78.0 Å². The number of para-hydroxylation sites is 1. The van der Waals surface area contributed by atoms with E-state index in [4.69, 9.17) is 4.74 Å². The van der Waals surface area contributed by atoms with Crippen molar-refractivity contribution in [2.75, 3.05) is 13.4 Å². The third kappa shape index (κ3) is 4.62. The van der Waals surface area contributed by atoms with Crippen molar-refractivity contribution in [3.8, 4) is 26.7 Å². The summed E-state index contributed by atoms with van der Waals surface area (Å²) in [6.07, 6.45) is -3.53. The van der Waals surface area contributed by atoms with Gasteiger partial charge in [-0.3, -0.25) is 0 Å². The average molecular weight is 507 g/mol. The standard InChI is InChI=1S/C23H17F3N2O4S2/c1-32-22(29)17-13-19(28(27-17)18-9-4-3-8-16(18)23(24,25)26)21-11-10-20(33-21)14-6-5-7-15(12-14)34(2,30)31/h3-13H,1-2H3. The highest BCUT2D eigenvalue weighted by Crippen LogP contribution is 2.39. The van der Waals surface area contributed by atoms with Crippen molar-refractivity contribution >= 4 is 27.1 Å². The molecule has 0 saturated carbocycles. The number of halogens is 3. The van der Waals surface area contributed by atoms with Gasteiger partial charge in [0, 0.05) is 17.2 Å². The van der Waals surface area contributed by atoms with Crippen LogP contribution in [0.4, 0.5) is 13.2 Å². The molecule has 0 unspecified atom stereocenters. The van der Waals surface area contributed by atoms with Crippen molar-refractivity contribution in [1.82, 2.24) is 9.78 Å². The summed E-state index contributed by atoms with van der Waals surface area (Å²) in [6.45, 7) is 0. The molecule has 0 amide bonds. The third-order valence-electron chi connectivity index (χ3n) is 4.95. The molecule has 0 spiro atoms. The van der Waals surface area contributed by atoms with Crippen LogP contribution in [0.25, 0.3) is 26.7 Å². The Morgan fingerprint density at radius 2 is 1.71 bits per heavy atom. The zero-order chi connectivity index (χ0) is 24.7. The van der Waals surface area contributed by atoms with Gasteiger partial charge in [-0.2, -0.15) is 18.3 Å². The van der Waals surface area contributed by atoms with E-state index in [1.165, 1.54) is 47.7 Å². The van der Waals surface area contributed by atoms with E-state index in [-0.39, 0.29) is 22.0 Å². The van der Waals surface area contributed by atoms with E-state index in [0.717, 1.165) is 24.1 Å². The Hall–Kier alpha value is -3.44. The molecule has 0 aliphatic carbocycles. The molecule has 0 fully saturated rings. The molecular formula is C23H17F3N2O4S2. The fourth-order valence-electron chi connectivity index (χ4n) is 3.35. The van der Waals surface area contributed by atoms with Crippen molar-refractivity contribution in [2.45, 2.75) is 11.1 Å². The van der Waals surface area contributed by atoms with Crippen LogP contribution in [0.15, 0.2) is 71.6 Å². The molecule has 0 atom stereocenters. The molecule has 2 aromatic carbocycles. The van der Waals surface area contributed by atoms with Gasteiger partial charge in [-0.1, -0.05) is 24.3 Å². The van der Waals surface area contributed by atoms with E-state index in [1.54, 1.807) is 24.3 Å². The maximum absolute atomic E-state index is 13.7. The molecule has 4 rings (SSSR count). The fraction of sp³-hybridized carbons (Fsp3) is 0.130. The number of sulfone groups is 1. The van der Waals surface area contributed by atoms with E-state index in [9.17, 15) is 26.4 Å². The van der Waals surface area contributed by atoms with Gasteiger partial charge < -0.3 is 4.74 Å². The van der Waals surface area contributed by atoms with E-state index in [2.05, 4.69) is 5.10 Å². The molecule has 0 aliphatic rings. The molecule has 176 valence electrons. The number of hydrogen-bond donors (Lipinski definition) is 0. The summed E-state index contributed by atoms with van der Waals surface area (Å²) in [4.78, 5) is 13.5. The van der Waals surface area contributed by atoms with Crippen LogP contribution >= 0.6 is 11.3 Å². The van der Waals surface area contributed by atoms with Crippen LogP contribution in [0, 0.1) is 0 Å². The molecule has 6 nitrogen and oxygen atoms in total. The summed E-state index contributed by atoms with van der Waals surface area (Å²) in [5.41, 5.74) is -0.409. The van der Waals surface area contributed by atoms with E-state index < -0.39 is 27.5 Å². The summed E-state index contributed by atoms with van der Waals surface area (Å²) >= 11 is 1.22. The first-order valence-electron chi connectivity index (χ1n) is 9.74. The SMILES string of the molecule is COC(=O)c1cc(-c2ccc(-c3cccc(S(C)(=O)=O)c3)s2)n(-c2ccccc2C(F)(F)F)n1. The quantitative estimate of drug-likeness (QED) is 0.335. The average Bonchev–Trinajstić information content (AvgIpc) is 3.45. The topological polar surface area (TPSA) is 78.3 Å². The maximum atomic E-state index is 13.7. The largest absolute Gasteiger partial charge is 0.464 e. The number of methoxy groups -OCH3 is 1. The number of alkyl halides is 3. The predicted molar refractivity (Wildman–Crippen MR) is 122 cm³/mol. The number of rotatable bonds is 5. The monoisotopic (exact) mass is 506 g/mol. The smallest absolute Gasteiger partial charge is 0.418 e. The van der Waals surface area contributed by atoms with Crippen LogP contribution < -0.4 is 0 Å². The van der Waals surface area contributed by atoms with Gasteiger partial charge >= 0.3 is 12.1 Å². The van der Waals surface area contributed by atoms with Crippen LogP contribution in [-0.2, 0) is 20.8 Å². The predicted octanol–water partition coefficient (Wildman–Crippen LogP) is 5.48. The number of nitrogens with zero attached hydrogens (tertiary/aromatic N) is 2. The lowest BCUT2D eigenvalue weighted by molar-refractivity contribution is -0.137. The zero-order valence-corrected chi connectivity index (χ0v) is 19.5. The number of ether oxygens (including phenoxy) is 1. The Balaban J connectivity index is 1.87. The minimum atomic E-state index is -4.64. The van der Waals surface area contributed by atoms with Gasteiger partial charge in [0.1, 0.15) is 0 Å². The number of esters is 1. The van der Waals surface area contributed by atoms with Crippen LogP contribution in [0.2, 0.25) is 0 Å². The second-order valence-corrected chi connectivity index (χ2v) is 10.4. The summed E-state index contributed by atoms with van der Waals surface area (Å²) < 4.78 is 70.6. The molecule has 0 aliphatic heterocycles. The molecule has 4 aromatic rings. The van der Waals surface area contributed by atoms with E-state index in [0.29, 0.717) is 15.3 Å². The van der Waals surface area contributed by atoms with Gasteiger partial charge in [-0.25, -0.2) is 17.9 Å². The lowest BCUT2D eigenvalue weighted by atomic mass is 10.1. The summed E-state index contributed by atoms with van der Waals surface area (Å²) in [7, 11) is -2.26. The van der Waals surface area contributed by atoms with E-state index in [1.807, 2.05) is 0 Å². The first-order valence-corrected chi connectivity index (χ1v) is 12.5. The van der Waals surface area contributed by atoms with Gasteiger partial charge in [0.15, 0.2) is 15.5 Å². The van der Waals surface area contributed by atoms with Gasteiger partial charge in [0.25, 0.3) is 0 Å². The summed E-state index contributed by atoms with van der Waals surface area (Å²) in [6, 6.07) is 16.1. The minimum Gasteiger partial charge on any atom is -0.464 e. The zero-order valence-electron chi connectivity index (χ0n) is 17.8. The number of hydrogen-bond acceptors (Lipinski definition) is 6. The van der Waals surface area contributed by atoms with Crippen molar-refractivity contribution < 1.29 is 31.1 Å². The highest BCUT2D eigenvalue weighted by molar-refractivity contribution is 7.90. The van der Waals surface area contributed by atoms with Crippen molar-refractivity contribution in [3.63, 3.8) is 0 Å². The molecule has 0 saturated heterocycles. The van der Waals surface area contributed by atoms with Crippen LogP contribution in [-0.4, -0.2) is 37.5 Å². The lowest BCUT2D eigenvalue weighted by Crippen LogP contribution is -2.12. The van der Waals surface area contributed by atoms with Gasteiger partial charge in [0.2, 0.25) is 0 Å².